The van der Waals surface area contributed by atoms with Crippen molar-refractivity contribution in [1.82, 2.24) is 20.1 Å². The van der Waals surface area contributed by atoms with E-state index in [4.69, 9.17) is 4.42 Å². The van der Waals surface area contributed by atoms with E-state index < -0.39 is 0 Å². The number of rotatable bonds is 3. The Morgan fingerprint density at radius 3 is 3.10 bits per heavy atom. The number of aromatic amines is 1. The summed E-state index contributed by atoms with van der Waals surface area (Å²) in [7, 11) is 0. The molecule has 1 aliphatic heterocycles. The van der Waals surface area contributed by atoms with E-state index in [1.54, 1.807) is 6.20 Å². The van der Waals surface area contributed by atoms with Gasteiger partial charge in [-0.2, -0.15) is 5.10 Å². The Labute approximate surface area is 123 Å². The molecule has 2 aromatic rings. The van der Waals surface area contributed by atoms with Crippen molar-refractivity contribution in [3.63, 3.8) is 0 Å². The van der Waals surface area contributed by atoms with E-state index in [-0.39, 0.29) is 11.8 Å². The number of oxazole rings is 1. The number of carbonyl (C=O) groups is 1. The van der Waals surface area contributed by atoms with Crippen molar-refractivity contribution in [1.29, 1.82) is 0 Å². The highest BCUT2D eigenvalue weighted by Crippen LogP contribution is 2.27. The van der Waals surface area contributed by atoms with Crippen molar-refractivity contribution < 1.29 is 9.21 Å². The molecule has 0 saturated carbocycles. The SMILES string of the molecule is CC(C)c1ocnc1C(=O)N1CCC[C@@H](c2ccn[nH]2)C1. The quantitative estimate of drug-likeness (QED) is 0.941. The van der Waals surface area contributed by atoms with Gasteiger partial charge in [-0.05, 0) is 18.9 Å². The first-order chi connectivity index (χ1) is 10.2. The molecule has 0 radical (unpaired) electrons. The number of piperidine rings is 1. The number of hydrogen-bond donors (Lipinski definition) is 1. The molecule has 21 heavy (non-hydrogen) atoms. The Balaban J connectivity index is 1.77. The molecule has 2 aromatic heterocycles. The maximum absolute atomic E-state index is 12.7. The summed E-state index contributed by atoms with van der Waals surface area (Å²) >= 11 is 0. The number of amides is 1. The van der Waals surface area contributed by atoms with Gasteiger partial charge in [0.25, 0.3) is 5.91 Å². The van der Waals surface area contributed by atoms with Gasteiger partial charge >= 0.3 is 0 Å². The van der Waals surface area contributed by atoms with E-state index in [1.807, 2.05) is 24.8 Å². The molecule has 0 aliphatic carbocycles. The lowest BCUT2D eigenvalue weighted by molar-refractivity contribution is 0.0697. The molecule has 0 spiro atoms. The fourth-order valence-corrected chi connectivity index (χ4v) is 2.88. The first kappa shape index (κ1) is 13.9. The average Bonchev–Trinajstić information content (AvgIpc) is 3.17. The summed E-state index contributed by atoms with van der Waals surface area (Å²) in [5, 5.41) is 7.01. The second kappa shape index (κ2) is 5.71. The molecule has 0 bridgehead atoms. The van der Waals surface area contributed by atoms with Crippen LogP contribution in [-0.4, -0.2) is 39.1 Å². The van der Waals surface area contributed by atoms with Crippen LogP contribution >= 0.6 is 0 Å². The summed E-state index contributed by atoms with van der Waals surface area (Å²) in [6.07, 6.45) is 5.18. The Bertz CT molecular complexity index is 603. The zero-order valence-electron chi connectivity index (χ0n) is 12.4. The van der Waals surface area contributed by atoms with E-state index in [0.717, 1.165) is 25.1 Å². The summed E-state index contributed by atoms with van der Waals surface area (Å²) in [6, 6.07) is 1.98. The summed E-state index contributed by atoms with van der Waals surface area (Å²) in [5.74, 6) is 1.11. The molecule has 0 aromatic carbocycles. The summed E-state index contributed by atoms with van der Waals surface area (Å²) in [4.78, 5) is 18.7. The van der Waals surface area contributed by atoms with Crippen LogP contribution in [0.5, 0.6) is 0 Å². The molecule has 0 unspecified atom stereocenters. The highest BCUT2D eigenvalue weighted by molar-refractivity contribution is 5.93. The topological polar surface area (TPSA) is 75.0 Å². The van der Waals surface area contributed by atoms with E-state index in [2.05, 4.69) is 15.2 Å². The minimum atomic E-state index is -0.0309. The van der Waals surface area contributed by atoms with Gasteiger partial charge < -0.3 is 9.32 Å². The Morgan fingerprint density at radius 1 is 1.52 bits per heavy atom. The molecule has 6 nitrogen and oxygen atoms in total. The van der Waals surface area contributed by atoms with Crippen molar-refractivity contribution in [2.24, 2.45) is 0 Å². The van der Waals surface area contributed by atoms with E-state index in [1.165, 1.54) is 6.39 Å². The number of H-pyrrole nitrogens is 1. The number of aromatic nitrogens is 3. The molecule has 1 N–H and O–H groups in total. The molecule has 1 fully saturated rings. The van der Waals surface area contributed by atoms with Gasteiger partial charge in [0.15, 0.2) is 12.1 Å². The zero-order valence-corrected chi connectivity index (χ0v) is 12.4. The average molecular weight is 288 g/mol. The summed E-state index contributed by atoms with van der Waals surface area (Å²) < 4.78 is 5.36. The minimum absolute atomic E-state index is 0.0309. The first-order valence-electron chi connectivity index (χ1n) is 7.38. The molecule has 6 heteroatoms. The van der Waals surface area contributed by atoms with E-state index in [9.17, 15) is 4.79 Å². The molecular weight excluding hydrogens is 268 g/mol. The van der Waals surface area contributed by atoms with Gasteiger partial charge in [0.05, 0.1) is 0 Å². The molecule has 1 aliphatic rings. The van der Waals surface area contributed by atoms with Gasteiger partial charge in [0.2, 0.25) is 0 Å². The standard InChI is InChI=1S/C15H20N4O2/c1-10(2)14-13(16-9-21-14)15(20)19-7-3-4-11(8-19)12-5-6-17-18-12/h5-6,9-11H,3-4,7-8H2,1-2H3,(H,17,18)/t11-/m1/s1. The third kappa shape index (κ3) is 2.70. The summed E-state index contributed by atoms with van der Waals surface area (Å²) in [5.41, 5.74) is 1.55. The van der Waals surface area contributed by atoms with Crippen LogP contribution in [-0.2, 0) is 0 Å². The third-order valence-electron chi connectivity index (χ3n) is 3.99. The van der Waals surface area contributed by atoms with Crippen molar-refractivity contribution in [2.75, 3.05) is 13.1 Å². The van der Waals surface area contributed by atoms with Crippen molar-refractivity contribution in [3.05, 3.63) is 35.8 Å². The van der Waals surface area contributed by atoms with Gasteiger partial charge in [-0.3, -0.25) is 9.89 Å². The van der Waals surface area contributed by atoms with E-state index >= 15 is 0 Å². The Hall–Kier alpha value is -2.11. The Morgan fingerprint density at radius 2 is 2.38 bits per heavy atom. The van der Waals surface area contributed by atoms with Crippen LogP contribution in [0.1, 0.15) is 60.5 Å². The van der Waals surface area contributed by atoms with Crippen LogP contribution in [0.2, 0.25) is 0 Å². The second-order valence-electron chi connectivity index (χ2n) is 5.82. The highest BCUT2D eigenvalue weighted by Gasteiger charge is 2.29. The lowest BCUT2D eigenvalue weighted by atomic mass is 9.94. The molecule has 3 heterocycles. The third-order valence-corrected chi connectivity index (χ3v) is 3.99. The molecule has 1 amide bonds. The van der Waals surface area contributed by atoms with Crippen molar-refractivity contribution in [3.8, 4) is 0 Å². The first-order valence-corrected chi connectivity index (χ1v) is 7.38. The summed E-state index contributed by atoms with van der Waals surface area (Å²) in [6.45, 7) is 5.47. The Kier molecular flexibility index (Phi) is 3.77. The largest absolute Gasteiger partial charge is 0.447 e. The monoisotopic (exact) mass is 288 g/mol. The number of carbonyl (C=O) groups excluding carboxylic acids is 1. The van der Waals surface area contributed by atoms with Gasteiger partial charge in [-0.1, -0.05) is 13.8 Å². The number of nitrogens with one attached hydrogen (secondary N) is 1. The molecule has 3 rings (SSSR count). The van der Waals surface area contributed by atoms with Crippen molar-refractivity contribution >= 4 is 5.91 Å². The van der Waals surface area contributed by atoms with Gasteiger partial charge in [-0.25, -0.2) is 4.98 Å². The lowest BCUT2D eigenvalue weighted by Gasteiger charge is -2.32. The maximum atomic E-state index is 12.7. The normalized spacial score (nSPS) is 19.2. The van der Waals surface area contributed by atoms with Gasteiger partial charge in [-0.15, -0.1) is 0 Å². The van der Waals surface area contributed by atoms with Crippen LogP contribution in [0.25, 0.3) is 0 Å². The molecule has 1 atom stereocenters. The number of likely N-dealkylation sites (tertiary alicyclic amines) is 1. The van der Waals surface area contributed by atoms with Crippen molar-refractivity contribution in [2.45, 2.75) is 38.5 Å². The fraction of sp³-hybridized carbons (Fsp3) is 0.533. The number of nitrogens with zero attached hydrogens (tertiary/aromatic N) is 3. The minimum Gasteiger partial charge on any atom is -0.447 e. The molecule has 1 saturated heterocycles. The van der Waals surface area contributed by atoms with Crippen LogP contribution in [0.15, 0.2) is 23.1 Å². The van der Waals surface area contributed by atoms with Crippen LogP contribution in [0, 0.1) is 0 Å². The van der Waals surface area contributed by atoms with Gasteiger partial charge in [0, 0.05) is 36.8 Å². The fourth-order valence-electron chi connectivity index (χ4n) is 2.88. The number of hydrogen-bond acceptors (Lipinski definition) is 4. The predicted molar refractivity (Wildman–Crippen MR) is 77.1 cm³/mol. The van der Waals surface area contributed by atoms with Crippen LogP contribution in [0.3, 0.4) is 0 Å². The lowest BCUT2D eigenvalue weighted by Crippen LogP contribution is -2.39. The second-order valence-corrected chi connectivity index (χ2v) is 5.82. The highest BCUT2D eigenvalue weighted by atomic mass is 16.3. The maximum Gasteiger partial charge on any atom is 0.276 e. The smallest absolute Gasteiger partial charge is 0.276 e. The molecule has 112 valence electrons. The van der Waals surface area contributed by atoms with Gasteiger partial charge in [0.1, 0.15) is 5.76 Å². The van der Waals surface area contributed by atoms with Crippen LogP contribution in [0.4, 0.5) is 0 Å². The molecular formula is C15H20N4O2. The van der Waals surface area contributed by atoms with E-state index in [0.29, 0.717) is 23.9 Å². The predicted octanol–water partition coefficient (Wildman–Crippen LogP) is 2.54. The zero-order chi connectivity index (χ0) is 14.8. The van der Waals surface area contributed by atoms with Crippen LogP contribution < -0.4 is 0 Å².